The zero-order valence-electron chi connectivity index (χ0n) is 12.1. The fourth-order valence-corrected chi connectivity index (χ4v) is 1.85. The van der Waals surface area contributed by atoms with Gasteiger partial charge in [-0.05, 0) is 24.1 Å². The standard InChI is InChI=1S/C16H23FN2O/c1-2-3-4-5-6-7-8-16(20)19-18-13-14-9-11-15(17)12-10-14/h9-13H,2-8H2,1H3,(H,19,20). The van der Waals surface area contributed by atoms with E-state index in [0.717, 1.165) is 18.4 Å². The molecule has 4 heteroatoms. The summed E-state index contributed by atoms with van der Waals surface area (Å²) in [7, 11) is 0. The molecule has 0 spiro atoms. The molecule has 0 unspecified atom stereocenters. The summed E-state index contributed by atoms with van der Waals surface area (Å²) in [4.78, 5) is 11.5. The summed E-state index contributed by atoms with van der Waals surface area (Å²) < 4.78 is 12.7. The van der Waals surface area contributed by atoms with E-state index in [2.05, 4.69) is 17.5 Å². The maximum Gasteiger partial charge on any atom is 0.240 e. The number of rotatable bonds is 9. The number of hydrogen-bond donors (Lipinski definition) is 1. The van der Waals surface area contributed by atoms with Gasteiger partial charge in [-0.1, -0.05) is 51.2 Å². The van der Waals surface area contributed by atoms with Gasteiger partial charge in [0.15, 0.2) is 0 Å². The summed E-state index contributed by atoms with van der Waals surface area (Å²) in [5.41, 5.74) is 3.24. The van der Waals surface area contributed by atoms with Gasteiger partial charge < -0.3 is 0 Å². The Kier molecular flexibility index (Phi) is 8.27. The summed E-state index contributed by atoms with van der Waals surface area (Å²) >= 11 is 0. The van der Waals surface area contributed by atoms with Crippen LogP contribution < -0.4 is 5.43 Å². The summed E-state index contributed by atoms with van der Waals surface area (Å²) in [6.45, 7) is 2.19. The Bertz CT molecular complexity index is 415. The van der Waals surface area contributed by atoms with Crippen molar-refractivity contribution in [1.82, 2.24) is 5.43 Å². The quantitative estimate of drug-likeness (QED) is 0.413. The summed E-state index contributed by atoms with van der Waals surface area (Å²) in [5, 5.41) is 3.85. The second kappa shape index (κ2) is 10.1. The molecule has 0 aliphatic rings. The Balaban J connectivity index is 2.12. The van der Waals surface area contributed by atoms with Crippen LogP contribution in [0.1, 0.15) is 57.4 Å². The number of amides is 1. The number of unbranched alkanes of at least 4 members (excludes halogenated alkanes) is 5. The summed E-state index contributed by atoms with van der Waals surface area (Å²) in [5.74, 6) is -0.354. The largest absolute Gasteiger partial charge is 0.273 e. The molecule has 0 saturated carbocycles. The summed E-state index contributed by atoms with van der Waals surface area (Å²) in [6.07, 6.45) is 8.97. The third-order valence-electron chi connectivity index (χ3n) is 3.03. The van der Waals surface area contributed by atoms with Crippen LogP contribution in [0.3, 0.4) is 0 Å². The van der Waals surface area contributed by atoms with Crippen molar-refractivity contribution in [3.8, 4) is 0 Å². The lowest BCUT2D eigenvalue weighted by Crippen LogP contribution is -2.16. The molecule has 0 saturated heterocycles. The van der Waals surface area contributed by atoms with E-state index >= 15 is 0 Å². The van der Waals surface area contributed by atoms with Crippen molar-refractivity contribution >= 4 is 12.1 Å². The molecule has 0 heterocycles. The van der Waals surface area contributed by atoms with Crippen molar-refractivity contribution in [2.24, 2.45) is 5.10 Å². The van der Waals surface area contributed by atoms with Gasteiger partial charge in [-0.15, -0.1) is 0 Å². The van der Waals surface area contributed by atoms with E-state index in [0.29, 0.717) is 6.42 Å². The third-order valence-corrected chi connectivity index (χ3v) is 3.03. The zero-order valence-corrected chi connectivity index (χ0v) is 12.1. The monoisotopic (exact) mass is 278 g/mol. The van der Waals surface area contributed by atoms with E-state index in [1.165, 1.54) is 44.0 Å². The van der Waals surface area contributed by atoms with Gasteiger partial charge in [-0.2, -0.15) is 5.10 Å². The number of carbonyl (C=O) groups is 1. The van der Waals surface area contributed by atoms with Gasteiger partial charge in [0.2, 0.25) is 5.91 Å². The maximum absolute atomic E-state index is 12.7. The Morgan fingerprint density at radius 1 is 1.15 bits per heavy atom. The van der Waals surface area contributed by atoms with Crippen molar-refractivity contribution in [2.45, 2.75) is 51.9 Å². The molecular weight excluding hydrogens is 255 g/mol. The van der Waals surface area contributed by atoms with Crippen LogP contribution in [-0.4, -0.2) is 12.1 Å². The number of nitrogens with zero attached hydrogens (tertiary/aromatic N) is 1. The molecule has 1 aromatic carbocycles. The van der Waals surface area contributed by atoms with Gasteiger partial charge >= 0.3 is 0 Å². The molecule has 0 aliphatic heterocycles. The predicted molar refractivity (Wildman–Crippen MR) is 80.1 cm³/mol. The molecule has 0 bridgehead atoms. The van der Waals surface area contributed by atoms with E-state index in [-0.39, 0.29) is 11.7 Å². The molecular formula is C16H23FN2O. The van der Waals surface area contributed by atoms with E-state index in [1.807, 2.05) is 0 Å². The van der Waals surface area contributed by atoms with Crippen LogP contribution in [0, 0.1) is 5.82 Å². The first kappa shape index (κ1) is 16.3. The topological polar surface area (TPSA) is 41.5 Å². The summed E-state index contributed by atoms with van der Waals surface area (Å²) in [6, 6.07) is 5.94. The molecule has 0 radical (unpaired) electrons. The minimum absolute atomic E-state index is 0.0705. The smallest absolute Gasteiger partial charge is 0.240 e. The molecule has 1 rings (SSSR count). The SMILES string of the molecule is CCCCCCCCC(=O)NN=Cc1ccc(F)cc1. The fourth-order valence-electron chi connectivity index (χ4n) is 1.85. The van der Waals surface area contributed by atoms with Crippen LogP contribution in [0.25, 0.3) is 0 Å². The molecule has 3 nitrogen and oxygen atoms in total. The lowest BCUT2D eigenvalue weighted by molar-refractivity contribution is -0.121. The fraction of sp³-hybridized carbons (Fsp3) is 0.500. The number of halogens is 1. The first-order valence-electron chi connectivity index (χ1n) is 7.30. The Morgan fingerprint density at radius 2 is 1.80 bits per heavy atom. The van der Waals surface area contributed by atoms with Gasteiger partial charge in [0.25, 0.3) is 0 Å². The number of nitrogens with one attached hydrogen (secondary N) is 1. The first-order chi connectivity index (χ1) is 9.72. The van der Waals surface area contributed by atoms with Gasteiger partial charge in [0, 0.05) is 6.42 Å². The van der Waals surface area contributed by atoms with Gasteiger partial charge in [0.1, 0.15) is 5.82 Å². The molecule has 110 valence electrons. The second-order valence-corrected chi connectivity index (χ2v) is 4.86. The highest BCUT2D eigenvalue weighted by Gasteiger charge is 1.99. The normalized spacial score (nSPS) is 10.9. The van der Waals surface area contributed by atoms with Crippen LogP contribution in [0.2, 0.25) is 0 Å². The van der Waals surface area contributed by atoms with E-state index in [4.69, 9.17) is 0 Å². The minimum Gasteiger partial charge on any atom is -0.273 e. The van der Waals surface area contributed by atoms with Gasteiger partial charge in [-0.3, -0.25) is 4.79 Å². The highest BCUT2D eigenvalue weighted by atomic mass is 19.1. The van der Waals surface area contributed by atoms with Crippen molar-refractivity contribution in [1.29, 1.82) is 0 Å². The van der Waals surface area contributed by atoms with E-state index in [9.17, 15) is 9.18 Å². The average molecular weight is 278 g/mol. The second-order valence-electron chi connectivity index (χ2n) is 4.86. The van der Waals surface area contributed by atoms with E-state index < -0.39 is 0 Å². The molecule has 1 amide bonds. The first-order valence-corrected chi connectivity index (χ1v) is 7.30. The average Bonchev–Trinajstić information content (AvgIpc) is 2.45. The molecule has 0 aromatic heterocycles. The lowest BCUT2D eigenvalue weighted by atomic mass is 10.1. The molecule has 0 aliphatic carbocycles. The van der Waals surface area contributed by atoms with Crippen molar-refractivity contribution in [3.63, 3.8) is 0 Å². The highest BCUT2D eigenvalue weighted by Crippen LogP contribution is 2.06. The van der Waals surface area contributed by atoms with Crippen molar-refractivity contribution in [2.75, 3.05) is 0 Å². The Hall–Kier alpha value is -1.71. The van der Waals surface area contributed by atoms with Crippen LogP contribution in [0.15, 0.2) is 29.4 Å². The van der Waals surface area contributed by atoms with Crippen LogP contribution >= 0.6 is 0 Å². The van der Waals surface area contributed by atoms with Gasteiger partial charge in [-0.25, -0.2) is 9.82 Å². The van der Waals surface area contributed by atoms with Crippen LogP contribution in [0.5, 0.6) is 0 Å². The van der Waals surface area contributed by atoms with Crippen molar-refractivity contribution < 1.29 is 9.18 Å². The number of hydrazone groups is 1. The Morgan fingerprint density at radius 3 is 2.50 bits per heavy atom. The number of carbonyl (C=O) groups excluding carboxylic acids is 1. The molecule has 20 heavy (non-hydrogen) atoms. The lowest BCUT2D eigenvalue weighted by Gasteiger charge is -2.00. The van der Waals surface area contributed by atoms with Gasteiger partial charge in [0.05, 0.1) is 6.21 Å². The molecule has 1 aromatic rings. The number of benzene rings is 1. The van der Waals surface area contributed by atoms with Crippen LogP contribution in [0.4, 0.5) is 4.39 Å². The zero-order chi connectivity index (χ0) is 14.6. The Labute approximate surface area is 120 Å². The molecule has 0 fully saturated rings. The van der Waals surface area contributed by atoms with E-state index in [1.54, 1.807) is 12.1 Å². The minimum atomic E-state index is -0.283. The third kappa shape index (κ3) is 7.67. The predicted octanol–water partition coefficient (Wildman–Crippen LogP) is 4.03. The number of hydrogen-bond acceptors (Lipinski definition) is 2. The molecule has 0 atom stereocenters. The van der Waals surface area contributed by atoms with Crippen LogP contribution in [-0.2, 0) is 4.79 Å². The highest BCUT2D eigenvalue weighted by molar-refractivity contribution is 5.82. The molecule has 1 N–H and O–H groups in total. The van der Waals surface area contributed by atoms with Crippen molar-refractivity contribution in [3.05, 3.63) is 35.6 Å². The maximum atomic E-state index is 12.7.